The third-order valence-corrected chi connectivity index (χ3v) is 3.03. The molecule has 2 aromatic rings. The van der Waals surface area contributed by atoms with E-state index in [2.05, 4.69) is 5.16 Å². The molecular formula is C11H9NO4S. The number of benzene rings is 1. The van der Waals surface area contributed by atoms with Crippen LogP contribution in [0.3, 0.4) is 0 Å². The largest absolute Gasteiger partial charge is 0.507 e. The minimum absolute atomic E-state index is 0.128. The molecule has 88 valence electrons. The van der Waals surface area contributed by atoms with Crippen molar-refractivity contribution in [2.24, 2.45) is 0 Å². The van der Waals surface area contributed by atoms with Crippen molar-refractivity contribution in [3.05, 3.63) is 30.0 Å². The Balaban J connectivity index is 2.52. The topological polar surface area (TPSA) is 83.6 Å². The minimum atomic E-state index is -1.15. The Bertz CT molecular complexity index is 564. The fourth-order valence-corrected chi connectivity index (χ4v) is 2.10. The van der Waals surface area contributed by atoms with Gasteiger partial charge in [0.25, 0.3) is 0 Å². The molecule has 6 heteroatoms. The van der Waals surface area contributed by atoms with Crippen molar-refractivity contribution in [3.63, 3.8) is 0 Å². The van der Waals surface area contributed by atoms with Crippen molar-refractivity contribution in [2.75, 3.05) is 6.26 Å². The van der Waals surface area contributed by atoms with Crippen LogP contribution in [0, 0.1) is 0 Å². The van der Waals surface area contributed by atoms with Crippen LogP contribution in [0.1, 0.15) is 10.5 Å². The monoisotopic (exact) mass is 251 g/mol. The van der Waals surface area contributed by atoms with Crippen LogP contribution in [-0.2, 0) is 0 Å². The second kappa shape index (κ2) is 4.50. The van der Waals surface area contributed by atoms with Gasteiger partial charge in [0.05, 0.1) is 4.90 Å². The van der Waals surface area contributed by atoms with E-state index in [1.807, 2.05) is 6.26 Å². The number of hydrogen-bond donors (Lipinski definition) is 2. The molecular weight excluding hydrogens is 242 g/mol. The van der Waals surface area contributed by atoms with Crippen LogP contribution in [0.4, 0.5) is 0 Å². The van der Waals surface area contributed by atoms with Crippen molar-refractivity contribution in [2.45, 2.75) is 4.90 Å². The molecule has 0 atom stereocenters. The minimum Gasteiger partial charge on any atom is -0.507 e. The molecule has 0 unspecified atom stereocenters. The summed E-state index contributed by atoms with van der Waals surface area (Å²) in [5.41, 5.74) is 0.466. The highest BCUT2D eigenvalue weighted by Crippen LogP contribution is 2.36. The molecule has 0 bridgehead atoms. The van der Waals surface area contributed by atoms with Gasteiger partial charge in [-0.25, -0.2) is 4.79 Å². The molecule has 0 aliphatic carbocycles. The van der Waals surface area contributed by atoms with E-state index in [0.717, 1.165) is 0 Å². The fraction of sp³-hybridized carbons (Fsp3) is 0.0909. The average molecular weight is 251 g/mol. The lowest BCUT2D eigenvalue weighted by atomic mass is 10.1. The number of aromatic carboxylic acids is 1. The predicted molar refractivity (Wildman–Crippen MR) is 62.3 cm³/mol. The van der Waals surface area contributed by atoms with Crippen molar-refractivity contribution < 1.29 is 19.5 Å². The van der Waals surface area contributed by atoms with Gasteiger partial charge in [0.1, 0.15) is 5.75 Å². The van der Waals surface area contributed by atoms with Crippen molar-refractivity contribution in [3.8, 4) is 17.1 Å². The first-order chi connectivity index (χ1) is 8.13. The third kappa shape index (κ3) is 2.12. The molecule has 1 aromatic carbocycles. The Morgan fingerprint density at radius 2 is 2.24 bits per heavy atom. The van der Waals surface area contributed by atoms with Gasteiger partial charge in [-0.3, -0.25) is 0 Å². The van der Waals surface area contributed by atoms with Crippen molar-refractivity contribution in [1.82, 2.24) is 5.16 Å². The van der Waals surface area contributed by atoms with Crippen molar-refractivity contribution >= 4 is 17.7 Å². The number of carboxylic acids is 1. The summed E-state index contributed by atoms with van der Waals surface area (Å²) < 4.78 is 4.95. The summed E-state index contributed by atoms with van der Waals surface area (Å²) in [6.45, 7) is 0. The molecule has 1 heterocycles. The molecule has 0 amide bonds. The molecule has 2 N–H and O–H groups in total. The second-order valence-electron chi connectivity index (χ2n) is 3.24. The van der Waals surface area contributed by atoms with E-state index in [9.17, 15) is 9.90 Å². The first kappa shape index (κ1) is 11.5. The number of nitrogens with zero attached hydrogens (tertiary/aromatic N) is 1. The summed E-state index contributed by atoms with van der Waals surface area (Å²) in [5, 5.41) is 21.9. The number of phenolic OH excluding ortho intramolecular Hbond substituents is 1. The van der Waals surface area contributed by atoms with E-state index in [0.29, 0.717) is 16.2 Å². The first-order valence-corrected chi connectivity index (χ1v) is 5.92. The third-order valence-electron chi connectivity index (χ3n) is 2.19. The quantitative estimate of drug-likeness (QED) is 0.815. The summed E-state index contributed by atoms with van der Waals surface area (Å²) in [7, 11) is 0. The Labute approximate surface area is 101 Å². The zero-order chi connectivity index (χ0) is 12.4. The number of aromatic nitrogens is 1. The van der Waals surface area contributed by atoms with E-state index in [1.165, 1.54) is 17.8 Å². The smallest absolute Gasteiger partial charge is 0.358 e. The standard InChI is InChI=1S/C11H9NO4S/c1-17-10-6(3-2-4-8(10)13)9-5-7(11(14)15)12-16-9/h2-5,13H,1H3,(H,14,15). The van der Waals surface area contributed by atoms with Crippen LogP contribution < -0.4 is 0 Å². The molecule has 1 aromatic heterocycles. The summed E-state index contributed by atoms with van der Waals surface area (Å²) in [6.07, 6.45) is 1.81. The molecule has 0 saturated carbocycles. The van der Waals surface area contributed by atoms with Gasteiger partial charge >= 0.3 is 5.97 Å². The van der Waals surface area contributed by atoms with Gasteiger partial charge in [0.2, 0.25) is 0 Å². The van der Waals surface area contributed by atoms with E-state index in [4.69, 9.17) is 9.63 Å². The lowest BCUT2D eigenvalue weighted by Gasteiger charge is -2.05. The highest BCUT2D eigenvalue weighted by atomic mass is 32.2. The summed E-state index contributed by atoms with van der Waals surface area (Å²) in [5.74, 6) is -0.697. The highest BCUT2D eigenvalue weighted by molar-refractivity contribution is 7.98. The summed E-state index contributed by atoms with van der Waals surface area (Å²) in [4.78, 5) is 11.3. The lowest BCUT2D eigenvalue weighted by molar-refractivity contribution is 0.0686. The molecule has 0 fully saturated rings. The number of phenols is 1. The van der Waals surface area contributed by atoms with Gasteiger partial charge < -0.3 is 14.7 Å². The van der Waals surface area contributed by atoms with E-state index >= 15 is 0 Å². The van der Waals surface area contributed by atoms with Gasteiger partial charge in [-0.15, -0.1) is 11.8 Å². The maximum absolute atomic E-state index is 10.7. The lowest BCUT2D eigenvalue weighted by Crippen LogP contribution is -1.94. The first-order valence-electron chi connectivity index (χ1n) is 4.70. The van der Waals surface area contributed by atoms with Gasteiger partial charge in [-0.1, -0.05) is 11.2 Å². The molecule has 5 nitrogen and oxygen atoms in total. The summed E-state index contributed by atoms with van der Waals surface area (Å²) >= 11 is 1.35. The number of carboxylic acid groups (broad SMARTS) is 1. The zero-order valence-electron chi connectivity index (χ0n) is 8.88. The van der Waals surface area contributed by atoms with Crippen LogP contribution in [0.15, 0.2) is 33.7 Å². The molecule has 0 aliphatic heterocycles. The van der Waals surface area contributed by atoms with E-state index in [-0.39, 0.29) is 11.4 Å². The molecule has 0 spiro atoms. The average Bonchev–Trinajstić information content (AvgIpc) is 2.77. The van der Waals surface area contributed by atoms with Gasteiger partial charge in [-0.05, 0) is 18.4 Å². The number of thioether (sulfide) groups is 1. The van der Waals surface area contributed by atoms with Gasteiger partial charge in [-0.2, -0.15) is 0 Å². The Hall–Kier alpha value is -1.95. The van der Waals surface area contributed by atoms with Crippen molar-refractivity contribution in [1.29, 1.82) is 0 Å². The SMILES string of the molecule is CSc1c(O)cccc1-c1cc(C(=O)O)no1. The number of rotatable bonds is 3. The van der Waals surface area contributed by atoms with Crippen LogP contribution in [0.25, 0.3) is 11.3 Å². The fourth-order valence-electron chi connectivity index (χ4n) is 1.44. The normalized spacial score (nSPS) is 10.4. The number of hydrogen-bond acceptors (Lipinski definition) is 5. The molecule has 0 saturated heterocycles. The summed E-state index contributed by atoms with van der Waals surface area (Å²) in [6, 6.07) is 6.28. The van der Waals surface area contributed by atoms with E-state index in [1.54, 1.807) is 18.2 Å². The van der Waals surface area contributed by atoms with Gasteiger partial charge in [0, 0.05) is 11.6 Å². The van der Waals surface area contributed by atoms with Crippen LogP contribution in [-0.4, -0.2) is 27.6 Å². The Morgan fingerprint density at radius 1 is 1.47 bits per heavy atom. The number of aromatic hydroxyl groups is 1. The Morgan fingerprint density at radius 3 is 2.82 bits per heavy atom. The molecule has 2 rings (SSSR count). The molecule has 0 aliphatic rings. The molecule has 0 radical (unpaired) electrons. The highest BCUT2D eigenvalue weighted by Gasteiger charge is 2.16. The van der Waals surface area contributed by atoms with E-state index < -0.39 is 5.97 Å². The van der Waals surface area contributed by atoms with Crippen LogP contribution in [0.2, 0.25) is 0 Å². The van der Waals surface area contributed by atoms with Gasteiger partial charge in [0.15, 0.2) is 11.5 Å². The van der Waals surface area contributed by atoms with Crippen LogP contribution in [0.5, 0.6) is 5.75 Å². The maximum atomic E-state index is 10.7. The Kier molecular flexibility index (Phi) is 3.06. The predicted octanol–water partition coefficient (Wildman–Crippen LogP) is 2.47. The maximum Gasteiger partial charge on any atom is 0.358 e. The zero-order valence-corrected chi connectivity index (χ0v) is 9.69. The number of carbonyl (C=O) groups is 1. The van der Waals surface area contributed by atoms with Crippen LogP contribution >= 0.6 is 11.8 Å². The molecule has 17 heavy (non-hydrogen) atoms. The second-order valence-corrected chi connectivity index (χ2v) is 4.06.